The molecule has 1 N–H and O–H groups in total. The van der Waals surface area contributed by atoms with Crippen molar-refractivity contribution in [3.8, 4) is 17.3 Å². The molecule has 0 aliphatic rings. The molecule has 8 nitrogen and oxygen atoms in total. The third-order valence-electron chi connectivity index (χ3n) is 6.69. The van der Waals surface area contributed by atoms with Gasteiger partial charge in [0.25, 0.3) is 5.56 Å². The Balaban J connectivity index is 1.38. The summed E-state index contributed by atoms with van der Waals surface area (Å²) in [6, 6.07) is 26.3. The predicted molar refractivity (Wildman–Crippen MR) is 155 cm³/mol. The first-order valence-corrected chi connectivity index (χ1v) is 12.8. The number of pyridine rings is 3. The van der Waals surface area contributed by atoms with Crippen LogP contribution in [0.1, 0.15) is 16.7 Å². The number of fused-ring (bicyclic) bond motifs is 1. The maximum Gasteiger partial charge on any atom is 0.251 e. The van der Waals surface area contributed by atoms with Crippen molar-refractivity contribution in [1.82, 2.24) is 24.4 Å². The second kappa shape index (κ2) is 10.7. The van der Waals surface area contributed by atoms with Crippen LogP contribution in [0.5, 0.6) is 0 Å². The molecule has 0 atom stereocenters. The fraction of sp³-hybridized carbons (Fsp3) is 0.0625. The van der Waals surface area contributed by atoms with Gasteiger partial charge in [-0.25, -0.2) is 9.97 Å². The molecule has 0 aliphatic heterocycles. The SMILES string of the molecule is C=C(NCc1c(-c2ncco2)n(-c2ccccc2)c2ncccc2c1=O)c1ccn(Cc2ccccc2)c(=O)c1. The van der Waals surface area contributed by atoms with Crippen LogP contribution < -0.4 is 16.3 Å². The van der Waals surface area contributed by atoms with Gasteiger partial charge in [-0.3, -0.25) is 14.2 Å². The van der Waals surface area contributed by atoms with E-state index in [2.05, 4.69) is 21.9 Å². The lowest BCUT2D eigenvalue weighted by Crippen LogP contribution is -2.25. The van der Waals surface area contributed by atoms with Crippen molar-refractivity contribution >= 4 is 16.7 Å². The molecule has 4 aromatic heterocycles. The molecule has 40 heavy (non-hydrogen) atoms. The number of hydrogen-bond donors (Lipinski definition) is 1. The first-order chi connectivity index (χ1) is 19.6. The zero-order valence-electron chi connectivity index (χ0n) is 21.5. The van der Waals surface area contributed by atoms with Crippen LogP contribution in [0, 0.1) is 0 Å². The number of nitrogens with zero attached hydrogens (tertiary/aromatic N) is 4. The lowest BCUT2D eigenvalue weighted by atomic mass is 10.1. The Bertz CT molecular complexity index is 1930. The van der Waals surface area contributed by atoms with Gasteiger partial charge in [0.15, 0.2) is 5.43 Å². The van der Waals surface area contributed by atoms with E-state index in [0.717, 1.165) is 11.3 Å². The van der Waals surface area contributed by atoms with Crippen molar-refractivity contribution in [2.24, 2.45) is 0 Å². The molecule has 2 aromatic carbocycles. The Morgan fingerprint density at radius 2 is 1.68 bits per heavy atom. The van der Waals surface area contributed by atoms with Gasteiger partial charge in [-0.2, -0.15) is 0 Å². The van der Waals surface area contributed by atoms with Crippen LogP contribution in [-0.2, 0) is 13.1 Å². The number of hydrogen-bond acceptors (Lipinski definition) is 6. The molecule has 6 aromatic rings. The van der Waals surface area contributed by atoms with E-state index in [1.807, 2.05) is 71.3 Å². The Morgan fingerprint density at radius 1 is 0.900 bits per heavy atom. The molecule has 0 bridgehead atoms. The number of nitrogens with one attached hydrogen (secondary N) is 1. The summed E-state index contributed by atoms with van der Waals surface area (Å²) in [7, 11) is 0. The van der Waals surface area contributed by atoms with Crippen molar-refractivity contribution in [3.05, 3.63) is 154 Å². The van der Waals surface area contributed by atoms with Crippen molar-refractivity contribution in [2.45, 2.75) is 13.1 Å². The van der Waals surface area contributed by atoms with Gasteiger partial charge in [-0.05, 0) is 35.9 Å². The largest absolute Gasteiger partial charge is 0.443 e. The van der Waals surface area contributed by atoms with E-state index >= 15 is 0 Å². The Morgan fingerprint density at radius 3 is 2.40 bits per heavy atom. The predicted octanol–water partition coefficient (Wildman–Crippen LogP) is 5.01. The zero-order valence-corrected chi connectivity index (χ0v) is 21.5. The van der Waals surface area contributed by atoms with E-state index in [9.17, 15) is 9.59 Å². The smallest absolute Gasteiger partial charge is 0.251 e. The molecule has 196 valence electrons. The van der Waals surface area contributed by atoms with Crippen LogP contribution in [0.2, 0.25) is 0 Å². The highest BCUT2D eigenvalue weighted by Crippen LogP contribution is 2.28. The lowest BCUT2D eigenvalue weighted by molar-refractivity contribution is 0.568. The molecule has 6 rings (SSSR count). The zero-order chi connectivity index (χ0) is 27.5. The van der Waals surface area contributed by atoms with E-state index < -0.39 is 0 Å². The third-order valence-corrected chi connectivity index (χ3v) is 6.69. The first kappa shape index (κ1) is 24.8. The summed E-state index contributed by atoms with van der Waals surface area (Å²) >= 11 is 0. The van der Waals surface area contributed by atoms with Crippen LogP contribution in [0.3, 0.4) is 0 Å². The molecule has 0 spiro atoms. The lowest BCUT2D eigenvalue weighted by Gasteiger charge is -2.19. The number of rotatable bonds is 8. The molecule has 0 saturated carbocycles. The highest BCUT2D eigenvalue weighted by molar-refractivity contribution is 5.82. The Hall–Kier alpha value is -5.50. The van der Waals surface area contributed by atoms with Gasteiger partial charge in [-0.15, -0.1) is 0 Å². The van der Waals surface area contributed by atoms with E-state index in [0.29, 0.717) is 46.0 Å². The number of aromatic nitrogens is 4. The summed E-state index contributed by atoms with van der Waals surface area (Å²) in [5, 5.41) is 3.72. The summed E-state index contributed by atoms with van der Waals surface area (Å²) < 4.78 is 9.23. The average molecular weight is 528 g/mol. The summed E-state index contributed by atoms with van der Waals surface area (Å²) in [5.74, 6) is 0.291. The number of oxazole rings is 1. The monoisotopic (exact) mass is 527 g/mol. The summed E-state index contributed by atoms with van der Waals surface area (Å²) in [6.07, 6.45) is 6.41. The van der Waals surface area contributed by atoms with E-state index in [1.165, 1.54) is 6.26 Å². The van der Waals surface area contributed by atoms with Crippen molar-refractivity contribution in [1.29, 1.82) is 0 Å². The minimum Gasteiger partial charge on any atom is -0.443 e. The second-order valence-corrected chi connectivity index (χ2v) is 9.24. The Labute approximate surface area is 229 Å². The summed E-state index contributed by atoms with van der Waals surface area (Å²) in [4.78, 5) is 35.6. The number of para-hydroxylation sites is 1. The first-order valence-electron chi connectivity index (χ1n) is 12.8. The van der Waals surface area contributed by atoms with Crippen LogP contribution in [-0.4, -0.2) is 19.1 Å². The normalized spacial score (nSPS) is 11.0. The van der Waals surface area contributed by atoms with Crippen molar-refractivity contribution in [2.75, 3.05) is 0 Å². The topological polar surface area (TPSA) is 94.9 Å². The van der Waals surface area contributed by atoms with Crippen molar-refractivity contribution < 1.29 is 4.42 Å². The average Bonchev–Trinajstić information content (AvgIpc) is 3.53. The van der Waals surface area contributed by atoms with E-state index in [4.69, 9.17) is 4.42 Å². The molecule has 0 unspecified atom stereocenters. The molecule has 0 fully saturated rings. The van der Waals surface area contributed by atoms with Crippen LogP contribution >= 0.6 is 0 Å². The minimum absolute atomic E-state index is 0.125. The molecule has 4 heterocycles. The molecule has 0 radical (unpaired) electrons. The van der Waals surface area contributed by atoms with Gasteiger partial charge >= 0.3 is 0 Å². The Kier molecular flexibility index (Phi) is 6.64. The maximum atomic E-state index is 13.8. The van der Waals surface area contributed by atoms with Gasteiger partial charge in [0.1, 0.15) is 17.6 Å². The molecular weight excluding hydrogens is 502 g/mol. The molecule has 8 heteroatoms. The maximum absolute atomic E-state index is 13.8. The van der Waals surface area contributed by atoms with Crippen LogP contribution in [0.25, 0.3) is 34.0 Å². The molecule has 0 aliphatic carbocycles. The van der Waals surface area contributed by atoms with Crippen molar-refractivity contribution in [3.63, 3.8) is 0 Å². The summed E-state index contributed by atoms with van der Waals surface area (Å²) in [5.41, 5.74) is 4.08. The molecular formula is C32H25N5O3. The molecule has 0 amide bonds. The van der Waals surface area contributed by atoms with E-state index in [1.54, 1.807) is 41.4 Å². The quantitative estimate of drug-likeness (QED) is 0.299. The standard InChI is InChI=1S/C32H25N5O3/c1-22(24-14-17-36(28(38)19-24)21-23-9-4-2-5-10-23)35-20-27-29(32-34-16-18-40-32)37(25-11-6-3-7-12-25)31-26(30(27)39)13-8-15-33-31/h2-19,35H,1,20-21H2. The fourth-order valence-corrected chi connectivity index (χ4v) is 4.72. The molecule has 0 saturated heterocycles. The van der Waals surface area contributed by atoms with E-state index in [-0.39, 0.29) is 17.5 Å². The minimum atomic E-state index is -0.193. The highest BCUT2D eigenvalue weighted by atomic mass is 16.3. The van der Waals surface area contributed by atoms with Crippen LogP contribution in [0.15, 0.2) is 130 Å². The summed E-state index contributed by atoms with van der Waals surface area (Å²) in [6.45, 7) is 4.74. The van der Waals surface area contributed by atoms with Gasteiger partial charge in [0, 0.05) is 47.5 Å². The highest BCUT2D eigenvalue weighted by Gasteiger charge is 2.23. The number of benzene rings is 2. The van der Waals surface area contributed by atoms with Gasteiger partial charge < -0.3 is 14.3 Å². The third kappa shape index (κ3) is 4.74. The fourth-order valence-electron chi connectivity index (χ4n) is 4.72. The van der Waals surface area contributed by atoms with Gasteiger partial charge in [-0.1, -0.05) is 55.1 Å². The van der Waals surface area contributed by atoms with Gasteiger partial charge in [0.2, 0.25) is 5.89 Å². The second-order valence-electron chi connectivity index (χ2n) is 9.24. The van der Waals surface area contributed by atoms with Gasteiger partial charge in [0.05, 0.1) is 18.1 Å². The van der Waals surface area contributed by atoms with Crippen LogP contribution in [0.4, 0.5) is 0 Å².